The number of nitrogens with one attached hydrogen (secondary N) is 2. The highest BCUT2D eigenvalue weighted by Gasteiger charge is 2.08. The Morgan fingerprint density at radius 3 is 2.62 bits per heavy atom. The van der Waals surface area contributed by atoms with Gasteiger partial charge >= 0.3 is 0 Å². The summed E-state index contributed by atoms with van der Waals surface area (Å²) >= 11 is 0. The van der Waals surface area contributed by atoms with E-state index in [0.717, 1.165) is 39.4 Å². The quantitative estimate of drug-likeness (QED) is 0.472. The largest absolute Gasteiger partial charge is 0.342 e. The summed E-state index contributed by atoms with van der Waals surface area (Å²) in [7, 11) is 0. The molecule has 0 saturated heterocycles. The van der Waals surface area contributed by atoms with Crippen molar-refractivity contribution in [3.8, 4) is 11.3 Å². The minimum absolute atomic E-state index is 0.0362. The van der Waals surface area contributed by atoms with E-state index in [-0.39, 0.29) is 5.91 Å². The predicted octanol–water partition coefficient (Wildman–Crippen LogP) is 4.45. The van der Waals surface area contributed by atoms with Gasteiger partial charge in [-0.3, -0.25) is 4.79 Å². The molecule has 2 N–H and O–H groups in total. The van der Waals surface area contributed by atoms with E-state index in [1.54, 1.807) is 0 Å². The molecule has 0 atom stereocenters. The van der Waals surface area contributed by atoms with Crippen LogP contribution in [0, 0.1) is 0 Å². The second-order valence-corrected chi connectivity index (χ2v) is 6.92. The zero-order valence-corrected chi connectivity index (χ0v) is 15.7. The van der Waals surface area contributed by atoms with E-state index in [1.165, 1.54) is 0 Å². The van der Waals surface area contributed by atoms with E-state index in [0.29, 0.717) is 12.8 Å². The molecule has 0 aliphatic rings. The number of carbonyl (C=O) groups excluding carboxylic acids is 1. The number of imidazole rings is 2. The first kappa shape index (κ1) is 17.2. The molecule has 142 valence electrons. The normalized spacial score (nSPS) is 11.2. The maximum Gasteiger partial charge on any atom is 0.224 e. The number of amides is 1. The standard InChI is InChI=1S/C23H19N5O/c29-23(13-12-21-25-18-5-1-2-6-19(18)26-21)24-17-10-8-16(9-11-17)20-15-28-14-4-3-7-22(28)27-20/h1-11,14-15H,12-13H2,(H,24,29)(H,25,26). The van der Waals surface area contributed by atoms with Gasteiger partial charge in [-0.15, -0.1) is 0 Å². The molecule has 0 aliphatic heterocycles. The van der Waals surface area contributed by atoms with Gasteiger partial charge in [-0.2, -0.15) is 0 Å². The Morgan fingerprint density at radius 2 is 1.79 bits per heavy atom. The van der Waals surface area contributed by atoms with Crippen molar-refractivity contribution in [3.05, 3.63) is 84.9 Å². The van der Waals surface area contributed by atoms with E-state index in [4.69, 9.17) is 0 Å². The number of pyridine rings is 1. The second kappa shape index (κ2) is 7.24. The number of para-hydroxylation sites is 2. The molecule has 5 rings (SSSR count). The number of benzene rings is 2. The fourth-order valence-corrected chi connectivity index (χ4v) is 3.38. The molecular formula is C23H19N5O. The number of aryl methyl sites for hydroxylation is 1. The molecule has 0 spiro atoms. The molecule has 0 saturated carbocycles. The SMILES string of the molecule is O=C(CCc1nc2ccccc2[nH]1)Nc1ccc(-c2cn3ccccc3n2)cc1. The molecule has 3 heterocycles. The third-order valence-corrected chi connectivity index (χ3v) is 4.86. The molecule has 0 aliphatic carbocycles. The molecule has 3 aromatic heterocycles. The first-order valence-electron chi connectivity index (χ1n) is 9.52. The van der Waals surface area contributed by atoms with Crippen molar-refractivity contribution in [3.63, 3.8) is 0 Å². The highest BCUT2D eigenvalue weighted by molar-refractivity contribution is 5.91. The molecule has 5 aromatic rings. The third kappa shape index (κ3) is 3.60. The zero-order valence-electron chi connectivity index (χ0n) is 15.7. The van der Waals surface area contributed by atoms with Gasteiger partial charge in [0.25, 0.3) is 0 Å². The number of H-pyrrole nitrogens is 1. The molecule has 29 heavy (non-hydrogen) atoms. The van der Waals surface area contributed by atoms with Gasteiger partial charge in [-0.25, -0.2) is 9.97 Å². The lowest BCUT2D eigenvalue weighted by molar-refractivity contribution is -0.116. The van der Waals surface area contributed by atoms with Gasteiger partial charge in [0.05, 0.1) is 16.7 Å². The summed E-state index contributed by atoms with van der Waals surface area (Å²) in [6, 6.07) is 21.5. The molecule has 0 radical (unpaired) electrons. The summed E-state index contributed by atoms with van der Waals surface area (Å²) < 4.78 is 1.99. The Bertz CT molecular complexity index is 1230. The van der Waals surface area contributed by atoms with Crippen LogP contribution in [0.2, 0.25) is 0 Å². The van der Waals surface area contributed by atoms with Crippen LogP contribution in [0.25, 0.3) is 27.9 Å². The highest BCUT2D eigenvalue weighted by Crippen LogP contribution is 2.21. The number of hydrogen-bond acceptors (Lipinski definition) is 3. The lowest BCUT2D eigenvalue weighted by Crippen LogP contribution is -2.12. The molecule has 0 fully saturated rings. The highest BCUT2D eigenvalue weighted by atomic mass is 16.1. The van der Waals surface area contributed by atoms with Gasteiger partial charge in [0.15, 0.2) is 0 Å². The first-order valence-corrected chi connectivity index (χ1v) is 9.52. The average Bonchev–Trinajstić information content (AvgIpc) is 3.36. The van der Waals surface area contributed by atoms with Crippen LogP contribution in [0.4, 0.5) is 5.69 Å². The van der Waals surface area contributed by atoms with Gasteiger partial charge in [0, 0.05) is 36.5 Å². The van der Waals surface area contributed by atoms with Crippen LogP contribution in [0.5, 0.6) is 0 Å². The van der Waals surface area contributed by atoms with E-state index >= 15 is 0 Å². The summed E-state index contributed by atoms with van der Waals surface area (Å²) in [6.07, 6.45) is 4.91. The number of anilines is 1. The molecule has 2 aromatic carbocycles. The molecule has 0 bridgehead atoms. The Balaban J connectivity index is 1.22. The molecule has 6 nitrogen and oxygen atoms in total. The van der Waals surface area contributed by atoms with Crippen molar-refractivity contribution >= 4 is 28.3 Å². The Labute approximate surface area is 167 Å². The fourth-order valence-electron chi connectivity index (χ4n) is 3.38. The Morgan fingerprint density at radius 1 is 0.966 bits per heavy atom. The molecule has 1 amide bonds. The summed E-state index contributed by atoms with van der Waals surface area (Å²) in [5.41, 5.74) is 5.50. The van der Waals surface area contributed by atoms with Gasteiger partial charge in [0.2, 0.25) is 5.91 Å². The number of carbonyl (C=O) groups is 1. The number of nitrogens with zero attached hydrogens (tertiary/aromatic N) is 3. The van der Waals surface area contributed by atoms with Crippen molar-refractivity contribution < 1.29 is 4.79 Å². The van der Waals surface area contributed by atoms with Crippen molar-refractivity contribution in [1.82, 2.24) is 19.4 Å². The van der Waals surface area contributed by atoms with Crippen LogP contribution < -0.4 is 5.32 Å². The molecular weight excluding hydrogens is 362 g/mol. The van der Waals surface area contributed by atoms with Crippen LogP contribution in [-0.2, 0) is 11.2 Å². The maximum atomic E-state index is 12.3. The Hall–Kier alpha value is -3.93. The molecule has 0 unspecified atom stereocenters. The lowest BCUT2D eigenvalue weighted by atomic mass is 10.1. The van der Waals surface area contributed by atoms with Crippen molar-refractivity contribution in [2.75, 3.05) is 5.32 Å². The zero-order chi connectivity index (χ0) is 19.6. The van der Waals surface area contributed by atoms with E-state index in [1.807, 2.05) is 83.5 Å². The lowest BCUT2D eigenvalue weighted by Gasteiger charge is -2.05. The monoisotopic (exact) mass is 381 g/mol. The smallest absolute Gasteiger partial charge is 0.224 e. The van der Waals surface area contributed by atoms with Gasteiger partial charge in [0.1, 0.15) is 11.5 Å². The third-order valence-electron chi connectivity index (χ3n) is 4.86. The number of fused-ring (bicyclic) bond motifs is 2. The number of rotatable bonds is 5. The maximum absolute atomic E-state index is 12.3. The average molecular weight is 381 g/mol. The van der Waals surface area contributed by atoms with Crippen molar-refractivity contribution in [2.45, 2.75) is 12.8 Å². The summed E-state index contributed by atoms with van der Waals surface area (Å²) in [5.74, 6) is 0.787. The number of aromatic nitrogens is 4. The van der Waals surface area contributed by atoms with Crippen LogP contribution in [0.15, 0.2) is 79.1 Å². The van der Waals surface area contributed by atoms with Gasteiger partial charge in [-0.1, -0.05) is 30.3 Å². The first-order chi connectivity index (χ1) is 14.2. The number of hydrogen-bond donors (Lipinski definition) is 2. The summed E-state index contributed by atoms with van der Waals surface area (Å²) in [6.45, 7) is 0. The fraction of sp³-hybridized carbons (Fsp3) is 0.0870. The van der Waals surface area contributed by atoms with Gasteiger partial charge in [-0.05, 0) is 36.4 Å². The molecule has 6 heteroatoms. The van der Waals surface area contributed by atoms with Gasteiger partial charge < -0.3 is 14.7 Å². The van der Waals surface area contributed by atoms with Crippen LogP contribution >= 0.6 is 0 Å². The van der Waals surface area contributed by atoms with Crippen LogP contribution in [0.1, 0.15) is 12.2 Å². The second-order valence-electron chi connectivity index (χ2n) is 6.92. The van der Waals surface area contributed by atoms with E-state index in [9.17, 15) is 4.79 Å². The summed E-state index contributed by atoms with van der Waals surface area (Å²) in [4.78, 5) is 24.7. The predicted molar refractivity (Wildman–Crippen MR) is 114 cm³/mol. The summed E-state index contributed by atoms with van der Waals surface area (Å²) in [5, 5.41) is 2.94. The Kier molecular flexibility index (Phi) is 4.29. The topological polar surface area (TPSA) is 75.1 Å². The van der Waals surface area contributed by atoms with E-state index < -0.39 is 0 Å². The van der Waals surface area contributed by atoms with E-state index in [2.05, 4.69) is 20.3 Å². The van der Waals surface area contributed by atoms with Crippen molar-refractivity contribution in [2.24, 2.45) is 0 Å². The minimum Gasteiger partial charge on any atom is -0.342 e. The van der Waals surface area contributed by atoms with Crippen LogP contribution in [0.3, 0.4) is 0 Å². The minimum atomic E-state index is -0.0362. The van der Waals surface area contributed by atoms with Crippen LogP contribution in [-0.4, -0.2) is 25.3 Å². The van der Waals surface area contributed by atoms with Crippen molar-refractivity contribution in [1.29, 1.82) is 0 Å². The number of aromatic amines is 1.